The molecule has 3 nitrogen and oxygen atoms in total. The Labute approximate surface area is 88.7 Å². The average molecular weight is 216 g/mol. The molecule has 0 aliphatic heterocycles. The van der Waals surface area contributed by atoms with Crippen LogP contribution in [-0.2, 0) is 17.9 Å². The van der Waals surface area contributed by atoms with Crippen LogP contribution in [0.4, 0.5) is 0 Å². The number of hydrogen-bond donors (Lipinski definition) is 2. The maximum absolute atomic E-state index is 9.62. The van der Waals surface area contributed by atoms with E-state index in [0.717, 1.165) is 11.1 Å². The molecule has 0 saturated heterocycles. The van der Waals surface area contributed by atoms with E-state index >= 15 is 0 Å². The summed E-state index contributed by atoms with van der Waals surface area (Å²) in [6.07, 6.45) is 0. The number of benzene rings is 1. The predicted molar refractivity (Wildman–Crippen MR) is 56.6 cm³/mol. The van der Waals surface area contributed by atoms with Crippen molar-refractivity contribution in [3.05, 3.63) is 28.3 Å². The number of halogens is 1. The van der Waals surface area contributed by atoms with Gasteiger partial charge in [0.25, 0.3) is 0 Å². The highest BCUT2D eigenvalue weighted by Crippen LogP contribution is 2.26. The van der Waals surface area contributed by atoms with Gasteiger partial charge in [-0.05, 0) is 24.7 Å². The lowest BCUT2D eigenvalue weighted by molar-refractivity contribution is 0.184. The molecular formula is C10H14ClNO2. The number of rotatable bonds is 4. The first-order chi connectivity index (χ1) is 6.69. The SMILES string of the molecule is CNCc1cc(Cl)c(COC)cc1O. The van der Waals surface area contributed by atoms with E-state index < -0.39 is 0 Å². The first-order valence-corrected chi connectivity index (χ1v) is 4.70. The molecule has 1 aromatic carbocycles. The Bertz CT molecular complexity index is 283. The van der Waals surface area contributed by atoms with Gasteiger partial charge >= 0.3 is 0 Å². The Morgan fingerprint density at radius 3 is 2.71 bits per heavy atom. The van der Waals surface area contributed by atoms with Gasteiger partial charge < -0.3 is 15.2 Å². The lowest BCUT2D eigenvalue weighted by Gasteiger charge is -2.08. The third-order valence-corrected chi connectivity index (χ3v) is 2.27. The van der Waals surface area contributed by atoms with Crippen LogP contribution in [0, 0.1) is 0 Å². The van der Waals surface area contributed by atoms with Crippen molar-refractivity contribution in [1.82, 2.24) is 5.32 Å². The minimum Gasteiger partial charge on any atom is -0.508 e. The van der Waals surface area contributed by atoms with E-state index in [9.17, 15) is 5.11 Å². The first kappa shape index (κ1) is 11.3. The summed E-state index contributed by atoms with van der Waals surface area (Å²) in [6, 6.07) is 3.39. The zero-order valence-corrected chi connectivity index (χ0v) is 9.06. The second-order valence-electron chi connectivity index (χ2n) is 3.04. The Hall–Kier alpha value is -0.770. The number of methoxy groups -OCH3 is 1. The average Bonchev–Trinajstić information content (AvgIpc) is 2.14. The molecule has 1 rings (SSSR count). The van der Waals surface area contributed by atoms with Crippen molar-refractivity contribution < 1.29 is 9.84 Å². The monoisotopic (exact) mass is 215 g/mol. The molecule has 0 bridgehead atoms. The zero-order valence-electron chi connectivity index (χ0n) is 8.30. The van der Waals surface area contributed by atoms with Crippen LogP contribution in [0.2, 0.25) is 5.02 Å². The second kappa shape index (κ2) is 5.20. The largest absolute Gasteiger partial charge is 0.508 e. The molecule has 0 saturated carbocycles. The topological polar surface area (TPSA) is 41.5 Å². The molecule has 0 heterocycles. The molecule has 78 valence electrons. The summed E-state index contributed by atoms with van der Waals surface area (Å²) in [5.41, 5.74) is 1.59. The van der Waals surface area contributed by atoms with Crippen molar-refractivity contribution in [2.75, 3.05) is 14.2 Å². The molecule has 0 atom stereocenters. The van der Waals surface area contributed by atoms with Crippen molar-refractivity contribution >= 4 is 11.6 Å². The summed E-state index contributed by atoms with van der Waals surface area (Å²) < 4.78 is 4.95. The standard InChI is InChI=1S/C10H14ClNO2/c1-12-5-7-3-9(11)8(6-14-2)4-10(7)13/h3-4,12-13H,5-6H2,1-2H3. The van der Waals surface area contributed by atoms with Crippen molar-refractivity contribution in [2.24, 2.45) is 0 Å². The van der Waals surface area contributed by atoms with Crippen molar-refractivity contribution in [1.29, 1.82) is 0 Å². The van der Waals surface area contributed by atoms with Crippen LogP contribution in [0.25, 0.3) is 0 Å². The summed E-state index contributed by atoms with van der Waals surface area (Å²) in [4.78, 5) is 0. The van der Waals surface area contributed by atoms with Gasteiger partial charge in [-0.15, -0.1) is 0 Å². The zero-order chi connectivity index (χ0) is 10.6. The summed E-state index contributed by atoms with van der Waals surface area (Å²) in [7, 11) is 3.41. The lowest BCUT2D eigenvalue weighted by Crippen LogP contribution is -2.05. The smallest absolute Gasteiger partial charge is 0.120 e. The number of phenolic OH excluding ortho intramolecular Hbond substituents is 1. The Kier molecular flexibility index (Phi) is 4.20. The van der Waals surface area contributed by atoms with Crippen LogP contribution >= 0.6 is 11.6 Å². The van der Waals surface area contributed by atoms with Gasteiger partial charge in [0.1, 0.15) is 5.75 Å². The third kappa shape index (κ3) is 2.61. The molecule has 0 fully saturated rings. The highest BCUT2D eigenvalue weighted by molar-refractivity contribution is 6.31. The quantitative estimate of drug-likeness (QED) is 0.806. The van der Waals surface area contributed by atoms with Crippen LogP contribution in [0.5, 0.6) is 5.75 Å². The van der Waals surface area contributed by atoms with Gasteiger partial charge in [-0.3, -0.25) is 0 Å². The molecule has 0 aliphatic rings. The van der Waals surface area contributed by atoms with E-state index in [0.29, 0.717) is 18.2 Å². The summed E-state index contributed by atoms with van der Waals surface area (Å²) in [5, 5.41) is 13.2. The van der Waals surface area contributed by atoms with E-state index in [1.807, 2.05) is 7.05 Å². The molecule has 0 aliphatic carbocycles. The van der Waals surface area contributed by atoms with Crippen LogP contribution in [0.1, 0.15) is 11.1 Å². The Morgan fingerprint density at radius 2 is 2.14 bits per heavy atom. The maximum atomic E-state index is 9.62. The molecule has 0 spiro atoms. The number of nitrogens with one attached hydrogen (secondary N) is 1. The van der Waals surface area contributed by atoms with E-state index in [-0.39, 0.29) is 5.75 Å². The number of hydrogen-bond acceptors (Lipinski definition) is 3. The first-order valence-electron chi connectivity index (χ1n) is 4.32. The van der Waals surface area contributed by atoms with Gasteiger partial charge in [-0.1, -0.05) is 11.6 Å². The normalized spacial score (nSPS) is 10.5. The Morgan fingerprint density at radius 1 is 1.43 bits per heavy atom. The second-order valence-corrected chi connectivity index (χ2v) is 3.44. The fourth-order valence-electron chi connectivity index (χ4n) is 1.24. The molecule has 0 unspecified atom stereocenters. The van der Waals surface area contributed by atoms with Crippen molar-refractivity contribution in [3.8, 4) is 5.75 Å². The summed E-state index contributed by atoms with van der Waals surface area (Å²) in [6.45, 7) is 1.01. The summed E-state index contributed by atoms with van der Waals surface area (Å²) >= 11 is 6.00. The Balaban J connectivity index is 2.97. The van der Waals surface area contributed by atoms with E-state index in [2.05, 4.69) is 5.32 Å². The molecule has 0 radical (unpaired) electrons. The highest BCUT2D eigenvalue weighted by Gasteiger charge is 2.06. The van der Waals surface area contributed by atoms with E-state index in [1.54, 1.807) is 19.2 Å². The number of ether oxygens (including phenoxy) is 1. The number of phenols is 1. The van der Waals surface area contributed by atoms with E-state index in [4.69, 9.17) is 16.3 Å². The molecule has 0 aromatic heterocycles. The minimum absolute atomic E-state index is 0.246. The fourth-order valence-corrected chi connectivity index (χ4v) is 1.49. The van der Waals surface area contributed by atoms with Crippen LogP contribution in [0.15, 0.2) is 12.1 Å². The van der Waals surface area contributed by atoms with Gasteiger partial charge in [0.05, 0.1) is 6.61 Å². The molecule has 1 aromatic rings. The molecule has 0 amide bonds. The van der Waals surface area contributed by atoms with Gasteiger partial charge in [-0.25, -0.2) is 0 Å². The highest BCUT2D eigenvalue weighted by atomic mass is 35.5. The molecular weight excluding hydrogens is 202 g/mol. The van der Waals surface area contributed by atoms with Crippen molar-refractivity contribution in [3.63, 3.8) is 0 Å². The van der Waals surface area contributed by atoms with Gasteiger partial charge in [0, 0.05) is 24.2 Å². The fraction of sp³-hybridized carbons (Fsp3) is 0.400. The molecule has 2 N–H and O–H groups in total. The predicted octanol–water partition coefficient (Wildman–Crippen LogP) is 1.91. The lowest BCUT2D eigenvalue weighted by atomic mass is 10.1. The minimum atomic E-state index is 0.246. The van der Waals surface area contributed by atoms with Crippen LogP contribution < -0.4 is 5.32 Å². The van der Waals surface area contributed by atoms with Gasteiger partial charge in [0.15, 0.2) is 0 Å². The summed E-state index contributed by atoms with van der Waals surface area (Å²) in [5.74, 6) is 0.246. The number of aromatic hydroxyl groups is 1. The van der Waals surface area contributed by atoms with Crippen molar-refractivity contribution in [2.45, 2.75) is 13.2 Å². The van der Waals surface area contributed by atoms with Gasteiger partial charge in [-0.2, -0.15) is 0 Å². The maximum Gasteiger partial charge on any atom is 0.120 e. The van der Waals surface area contributed by atoms with Crippen LogP contribution in [0.3, 0.4) is 0 Å². The third-order valence-electron chi connectivity index (χ3n) is 1.91. The van der Waals surface area contributed by atoms with E-state index in [1.165, 1.54) is 0 Å². The molecule has 14 heavy (non-hydrogen) atoms. The molecule has 4 heteroatoms. The van der Waals surface area contributed by atoms with Crippen LogP contribution in [-0.4, -0.2) is 19.3 Å². The van der Waals surface area contributed by atoms with Gasteiger partial charge in [0.2, 0.25) is 0 Å².